The van der Waals surface area contributed by atoms with E-state index in [1.807, 2.05) is 13.0 Å². The van der Waals surface area contributed by atoms with Crippen molar-refractivity contribution in [2.45, 2.75) is 32.2 Å². The molecule has 1 aromatic rings. The molecule has 0 spiro atoms. The van der Waals surface area contributed by atoms with Crippen LogP contribution in [0.3, 0.4) is 0 Å². The standard InChI is InChI=1S/C16H23NO3/c1-2-20-16(19)12-17(10-5-11-18)15-9-8-13-6-3-4-7-14(13)15/h3-4,6-7,15,18H,2,5,8-12H2,1H3. The first-order valence-corrected chi connectivity index (χ1v) is 7.34. The second kappa shape index (κ2) is 7.41. The number of carbonyl (C=O) groups excluding carboxylic acids is 1. The van der Waals surface area contributed by atoms with Gasteiger partial charge in [-0.2, -0.15) is 0 Å². The van der Waals surface area contributed by atoms with Gasteiger partial charge < -0.3 is 9.84 Å². The largest absolute Gasteiger partial charge is 0.465 e. The number of aliphatic hydroxyl groups excluding tert-OH is 1. The third-order valence-corrected chi connectivity index (χ3v) is 3.78. The lowest BCUT2D eigenvalue weighted by Crippen LogP contribution is -2.35. The Balaban J connectivity index is 2.09. The molecule has 0 aliphatic heterocycles. The first-order valence-electron chi connectivity index (χ1n) is 7.34. The molecule has 4 heteroatoms. The lowest BCUT2D eigenvalue weighted by atomic mass is 10.1. The number of rotatable bonds is 7. The summed E-state index contributed by atoms with van der Waals surface area (Å²) in [5.41, 5.74) is 2.69. The zero-order valence-corrected chi connectivity index (χ0v) is 12.0. The van der Waals surface area contributed by atoms with Crippen LogP contribution in [0.2, 0.25) is 0 Å². The average molecular weight is 277 g/mol. The number of fused-ring (bicyclic) bond motifs is 1. The number of hydrogen-bond donors (Lipinski definition) is 1. The van der Waals surface area contributed by atoms with Crippen molar-refractivity contribution in [2.24, 2.45) is 0 Å². The number of carbonyl (C=O) groups is 1. The van der Waals surface area contributed by atoms with E-state index in [1.165, 1.54) is 11.1 Å². The Morgan fingerprint density at radius 1 is 1.45 bits per heavy atom. The van der Waals surface area contributed by atoms with Gasteiger partial charge in [-0.1, -0.05) is 24.3 Å². The van der Waals surface area contributed by atoms with E-state index in [2.05, 4.69) is 23.1 Å². The SMILES string of the molecule is CCOC(=O)CN(CCCO)C1CCc2ccccc21. The van der Waals surface area contributed by atoms with E-state index in [0.29, 0.717) is 26.1 Å². The van der Waals surface area contributed by atoms with E-state index in [0.717, 1.165) is 12.8 Å². The summed E-state index contributed by atoms with van der Waals surface area (Å²) < 4.78 is 5.06. The Labute approximate surface area is 120 Å². The normalized spacial score (nSPS) is 17.2. The molecule has 1 aliphatic rings. The maximum absolute atomic E-state index is 11.8. The summed E-state index contributed by atoms with van der Waals surface area (Å²) >= 11 is 0. The van der Waals surface area contributed by atoms with Gasteiger partial charge in [0.2, 0.25) is 0 Å². The fraction of sp³-hybridized carbons (Fsp3) is 0.562. The van der Waals surface area contributed by atoms with Gasteiger partial charge in [0.25, 0.3) is 0 Å². The zero-order chi connectivity index (χ0) is 14.4. The van der Waals surface area contributed by atoms with E-state index in [9.17, 15) is 4.79 Å². The summed E-state index contributed by atoms with van der Waals surface area (Å²) in [5, 5.41) is 9.05. The molecule has 1 N–H and O–H groups in total. The smallest absolute Gasteiger partial charge is 0.320 e. The Morgan fingerprint density at radius 2 is 2.25 bits per heavy atom. The maximum atomic E-state index is 11.8. The molecule has 20 heavy (non-hydrogen) atoms. The van der Waals surface area contributed by atoms with Crippen LogP contribution in [0, 0.1) is 0 Å². The molecule has 0 amide bonds. The van der Waals surface area contributed by atoms with E-state index in [4.69, 9.17) is 9.84 Å². The molecule has 0 fully saturated rings. The highest BCUT2D eigenvalue weighted by molar-refractivity contribution is 5.71. The first-order chi connectivity index (χ1) is 9.76. The van der Waals surface area contributed by atoms with Gasteiger partial charge in [-0.05, 0) is 37.3 Å². The van der Waals surface area contributed by atoms with Crippen molar-refractivity contribution >= 4 is 5.97 Å². The topological polar surface area (TPSA) is 49.8 Å². The quantitative estimate of drug-likeness (QED) is 0.774. The van der Waals surface area contributed by atoms with Crippen LogP contribution in [0.4, 0.5) is 0 Å². The lowest BCUT2D eigenvalue weighted by molar-refractivity contribution is -0.145. The Morgan fingerprint density at radius 3 is 3.00 bits per heavy atom. The van der Waals surface area contributed by atoms with Gasteiger partial charge in [0.05, 0.1) is 13.2 Å². The summed E-state index contributed by atoms with van der Waals surface area (Å²) in [6.45, 7) is 3.39. The summed E-state index contributed by atoms with van der Waals surface area (Å²) in [6, 6.07) is 8.67. The molecule has 2 rings (SSSR count). The monoisotopic (exact) mass is 277 g/mol. The molecule has 0 heterocycles. The van der Waals surface area contributed by atoms with Gasteiger partial charge in [0.15, 0.2) is 0 Å². The van der Waals surface area contributed by atoms with E-state index in [1.54, 1.807) is 0 Å². The predicted molar refractivity (Wildman–Crippen MR) is 77.4 cm³/mol. The fourth-order valence-corrected chi connectivity index (χ4v) is 2.91. The van der Waals surface area contributed by atoms with Crippen molar-refractivity contribution in [3.63, 3.8) is 0 Å². The molecule has 1 aromatic carbocycles. The van der Waals surface area contributed by atoms with Crippen LogP contribution in [-0.4, -0.2) is 42.3 Å². The first kappa shape index (κ1) is 15.0. The summed E-state index contributed by atoms with van der Waals surface area (Å²) in [7, 11) is 0. The van der Waals surface area contributed by atoms with Gasteiger partial charge >= 0.3 is 5.97 Å². The molecule has 0 saturated heterocycles. The van der Waals surface area contributed by atoms with Crippen molar-refractivity contribution in [3.05, 3.63) is 35.4 Å². The van der Waals surface area contributed by atoms with E-state index >= 15 is 0 Å². The van der Waals surface area contributed by atoms with Crippen molar-refractivity contribution in [2.75, 3.05) is 26.3 Å². The van der Waals surface area contributed by atoms with Crippen LogP contribution < -0.4 is 0 Å². The summed E-state index contributed by atoms with van der Waals surface area (Å²) in [6.07, 6.45) is 2.77. The Bertz CT molecular complexity index is 447. The molecule has 1 atom stereocenters. The van der Waals surface area contributed by atoms with Gasteiger partial charge in [-0.15, -0.1) is 0 Å². The Hall–Kier alpha value is -1.39. The number of aliphatic hydroxyl groups is 1. The highest BCUT2D eigenvalue weighted by Crippen LogP contribution is 2.35. The van der Waals surface area contributed by atoms with Gasteiger partial charge in [0.1, 0.15) is 0 Å². The second-order valence-corrected chi connectivity index (χ2v) is 5.11. The molecule has 1 aliphatic carbocycles. The predicted octanol–water partition coefficient (Wildman–Crippen LogP) is 1.92. The summed E-state index contributed by atoms with van der Waals surface area (Å²) in [4.78, 5) is 13.9. The van der Waals surface area contributed by atoms with Gasteiger partial charge in [-0.3, -0.25) is 9.69 Å². The third-order valence-electron chi connectivity index (χ3n) is 3.78. The highest BCUT2D eigenvalue weighted by atomic mass is 16.5. The summed E-state index contributed by atoms with van der Waals surface area (Å²) in [5.74, 6) is -0.185. The van der Waals surface area contributed by atoms with Crippen molar-refractivity contribution in [1.29, 1.82) is 0 Å². The van der Waals surface area contributed by atoms with Crippen LogP contribution in [0.1, 0.15) is 36.9 Å². The number of ether oxygens (including phenoxy) is 1. The Kier molecular flexibility index (Phi) is 5.56. The van der Waals surface area contributed by atoms with Gasteiger partial charge in [-0.25, -0.2) is 0 Å². The van der Waals surface area contributed by atoms with Crippen molar-refractivity contribution in [1.82, 2.24) is 4.90 Å². The maximum Gasteiger partial charge on any atom is 0.320 e. The number of nitrogens with zero attached hydrogens (tertiary/aromatic N) is 1. The van der Waals surface area contributed by atoms with E-state index < -0.39 is 0 Å². The van der Waals surface area contributed by atoms with E-state index in [-0.39, 0.29) is 18.6 Å². The number of benzene rings is 1. The van der Waals surface area contributed by atoms with Crippen molar-refractivity contribution < 1.29 is 14.6 Å². The molecule has 0 saturated carbocycles. The minimum absolute atomic E-state index is 0.147. The number of esters is 1. The zero-order valence-electron chi connectivity index (χ0n) is 12.0. The fourth-order valence-electron chi connectivity index (χ4n) is 2.91. The molecular formula is C16H23NO3. The molecular weight excluding hydrogens is 254 g/mol. The molecule has 1 unspecified atom stereocenters. The van der Waals surface area contributed by atoms with Crippen LogP contribution in [0.5, 0.6) is 0 Å². The lowest BCUT2D eigenvalue weighted by Gasteiger charge is -2.28. The average Bonchev–Trinajstić information content (AvgIpc) is 2.87. The number of aryl methyl sites for hydroxylation is 1. The molecule has 0 aromatic heterocycles. The molecule has 4 nitrogen and oxygen atoms in total. The molecule has 0 radical (unpaired) electrons. The minimum atomic E-state index is -0.185. The van der Waals surface area contributed by atoms with Crippen LogP contribution in [0.15, 0.2) is 24.3 Å². The van der Waals surface area contributed by atoms with Crippen molar-refractivity contribution in [3.8, 4) is 0 Å². The highest BCUT2D eigenvalue weighted by Gasteiger charge is 2.28. The van der Waals surface area contributed by atoms with Crippen LogP contribution >= 0.6 is 0 Å². The minimum Gasteiger partial charge on any atom is -0.465 e. The number of hydrogen-bond acceptors (Lipinski definition) is 4. The molecule has 110 valence electrons. The second-order valence-electron chi connectivity index (χ2n) is 5.11. The third kappa shape index (κ3) is 3.58. The van der Waals surface area contributed by atoms with Gasteiger partial charge in [0, 0.05) is 19.2 Å². The van der Waals surface area contributed by atoms with Crippen LogP contribution in [-0.2, 0) is 16.0 Å². The van der Waals surface area contributed by atoms with Crippen LogP contribution in [0.25, 0.3) is 0 Å². The molecule has 0 bridgehead atoms.